The third-order valence-corrected chi connectivity index (χ3v) is 3.09. The van der Waals surface area contributed by atoms with E-state index in [9.17, 15) is 4.79 Å². The molecule has 0 saturated carbocycles. The van der Waals surface area contributed by atoms with Crippen LogP contribution in [0.3, 0.4) is 0 Å². The molecule has 0 saturated heterocycles. The summed E-state index contributed by atoms with van der Waals surface area (Å²) >= 11 is 0. The van der Waals surface area contributed by atoms with Gasteiger partial charge in [-0.15, -0.1) is 0 Å². The molecule has 102 valence electrons. The number of pyridine rings is 1. The second-order valence-corrected chi connectivity index (χ2v) is 4.87. The van der Waals surface area contributed by atoms with Crippen LogP contribution in [0.15, 0.2) is 23.1 Å². The minimum Gasteiger partial charge on any atom is -0.381 e. The van der Waals surface area contributed by atoms with Crippen LogP contribution >= 0.6 is 0 Å². The number of nitrogens with zero attached hydrogens (tertiary/aromatic N) is 1. The summed E-state index contributed by atoms with van der Waals surface area (Å²) in [6.07, 6.45) is 7.67. The lowest BCUT2D eigenvalue weighted by molar-refractivity contribution is 0.584. The molecular weight excluding hydrogens is 224 g/mol. The van der Waals surface area contributed by atoms with E-state index in [-0.39, 0.29) is 5.56 Å². The first-order valence-electron chi connectivity index (χ1n) is 7.18. The van der Waals surface area contributed by atoms with Crippen molar-refractivity contribution in [2.45, 2.75) is 65.5 Å². The fourth-order valence-corrected chi connectivity index (χ4v) is 2.25. The summed E-state index contributed by atoms with van der Waals surface area (Å²) in [5, 5.41) is 3.55. The smallest absolute Gasteiger partial charge is 0.250 e. The molecule has 0 aliphatic heterocycles. The second kappa shape index (κ2) is 7.96. The first-order chi connectivity index (χ1) is 8.71. The summed E-state index contributed by atoms with van der Waals surface area (Å²) in [6, 6.07) is 4.08. The lowest BCUT2D eigenvalue weighted by atomic mass is 10.1. The van der Waals surface area contributed by atoms with E-state index in [0.29, 0.717) is 6.04 Å². The van der Waals surface area contributed by atoms with Crippen LogP contribution < -0.4 is 10.9 Å². The second-order valence-electron chi connectivity index (χ2n) is 4.87. The number of hydrogen-bond donors (Lipinski definition) is 1. The SMILES string of the molecule is CCCC(CCC)Nc1ccc(=O)n(CCC)c1. The van der Waals surface area contributed by atoms with Gasteiger partial charge in [0, 0.05) is 24.8 Å². The molecule has 0 aromatic carbocycles. The van der Waals surface area contributed by atoms with E-state index in [0.717, 1.165) is 18.7 Å². The van der Waals surface area contributed by atoms with E-state index >= 15 is 0 Å². The third kappa shape index (κ3) is 4.55. The van der Waals surface area contributed by atoms with Gasteiger partial charge < -0.3 is 9.88 Å². The standard InChI is InChI=1S/C15H26N2O/c1-4-7-13(8-5-2)16-14-9-10-15(18)17(12-14)11-6-3/h9-10,12-13,16H,4-8,11H2,1-3H3. The van der Waals surface area contributed by atoms with Gasteiger partial charge >= 0.3 is 0 Å². The summed E-state index contributed by atoms with van der Waals surface area (Å²) in [7, 11) is 0. The maximum atomic E-state index is 11.6. The van der Waals surface area contributed by atoms with Crippen molar-refractivity contribution >= 4 is 5.69 Å². The van der Waals surface area contributed by atoms with Crippen LogP contribution in [0.4, 0.5) is 5.69 Å². The molecule has 0 aliphatic carbocycles. The summed E-state index contributed by atoms with van der Waals surface area (Å²) in [5.41, 5.74) is 1.15. The molecule has 0 aliphatic rings. The Hall–Kier alpha value is -1.25. The van der Waals surface area contributed by atoms with E-state index in [1.54, 1.807) is 10.6 Å². The molecule has 3 nitrogen and oxygen atoms in total. The van der Waals surface area contributed by atoms with Gasteiger partial charge in [0.15, 0.2) is 0 Å². The molecule has 1 aromatic rings. The van der Waals surface area contributed by atoms with Crippen molar-refractivity contribution in [1.82, 2.24) is 4.57 Å². The van der Waals surface area contributed by atoms with E-state index in [4.69, 9.17) is 0 Å². The Morgan fingerprint density at radius 1 is 1.11 bits per heavy atom. The van der Waals surface area contributed by atoms with Gasteiger partial charge in [-0.25, -0.2) is 0 Å². The Morgan fingerprint density at radius 2 is 1.78 bits per heavy atom. The highest BCUT2D eigenvalue weighted by Crippen LogP contribution is 2.13. The van der Waals surface area contributed by atoms with E-state index < -0.39 is 0 Å². The highest BCUT2D eigenvalue weighted by atomic mass is 16.1. The molecule has 3 heteroatoms. The predicted octanol–water partition coefficient (Wildman–Crippen LogP) is 3.64. The monoisotopic (exact) mass is 250 g/mol. The van der Waals surface area contributed by atoms with Gasteiger partial charge in [-0.1, -0.05) is 33.6 Å². The van der Waals surface area contributed by atoms with Crippen molar-refractivity contribution in [3.8, 4) is 0 Å². The van der Waals surface area contributed by atoms with Crippen LogP contribution in [-0.2, 0) is 6.54 Å². The molecule has 0 spiro atoms. The number of anilines is 1. The fraction of sp³-hybridized carbons (Fsp3) is 0.667. The minimum absolute atomic E-state index is 0.0879. The molecule has 1 heterocycles. The Bertz CT molecular complexity index is 392. The molecule has 0 bridgehead atoms. The van der Waals surface area contributed by atoms with E-state index in [1.807, 2.05) is 12.3 Å². The normalized spacial score (nSPS) is 10.9. The highest BCUT2D eigenvalue weighted by molar-refractivity contribution is 5.41. The van der Waals surface area contributed by atoms with Crippen molar-refractivity contribution in [2.75, 3.05) is 5.32 Å². The molecule has 0 fully saturated rings. The van der Waals surface area contributed by atoms with Crippen LogP contribution in [0.1, 0.15) is 52.9 Å². The Balaban J connectivity index is 2.75. The Kier molecular flexibility index (Phi) is 6.55. The molecule has 0 radical (unpaired) electrons. The largest absolute Gasteiger partial charge is 0.381 e. The number of hydrogen-bond acceptors (Lipinski definition) is 2. The van der Waals surface area contributed by atoms with Crippen LogP contribution in [0.2, 0.25) is 0 Å². The predicted molar refractivity (Wildman–Crippen MR) is 78.2 cm³/mol. The van der Waals surface area contributed by atoms with Gasteiger partial charge in [0.05, 0.1) is 5.69 Å². The topological polar surface area (TPSA) is 34.0 Å². The number of rotatable bonds is 8. The van der Waals surface area contributed by atoms with E-state index in [1.165, 1.54) is 25.7 Å². The lowest BCUT2D eigenvalue weighted by Gasteiger charge is -2.19. The zero-order valence-corrected chi connectivity index (χ0v) is 11.9. The van der Waals surface area contributed by atoms with Gasteiger partial charge in [-0.2, -0.15) is 0 Å². The van der Waals surface area contributed by atoms with Gasteiger partial charge in [0.1, 0.15) is 0 Å². The maximum Gasteiger partial charge on any atom is 0.250 e. The summed E-state index contributed by atoms with van der Waals surface area (Å²) in [6.45, 7) is 7.30. The number of aryl methyl sites for hydroxylation is 1. The first kappa shape index (κ1) is 14.8. The molecule has 18 heavy (non-hydrogen) atoms. The maximum absolute atomic E-state index is 11.6. The Morgan fingerprint density at radius 3 is 2.33 bits per heavy atom. The van der Waals surface area contributed by atoms with Crippen molar-refractivity contribution in [3.63, 3.8) is 0 Å². The van der Waals surface area contributed by atoms with E-state index in [2.05, 4.69) is 26.1 Å². The van der Waals surface area contributed by atoms with Crippen LogP contribution in [0, 0.1) is 0 Å². The molecule has 1 N–H and O–H groups in total. The lowest BCUT2D eigenvalue weighted by Crippen LogP contribution is -2.23. The van der Waals surface area contributed by atoms with Crippen LogP contribution in [0.5, 0.6) is 0 Å². The fourth-order valence-electron chi connectivity index (χ4n) is 2.25. The van der Waals surface area contributed by atoms with Crippen LogP contribution in [0.25, 0.3) is 0 Å². The highest BCUT2D eigenvalue weighted by Gasteiger charge is 2.07. The Labute approximate surface area is 110 Å². The van der Waals surface area contributed by atoms with Crippen molar-refractivity contribution in [1.29, 1.82) is 0 Å². The van der Waals surface area contributed by atoms with Gasteiger partial charge in [0.2, 0.25) is 0 Å². The molecule has 1 rings (SSSR count). The molecule has 0 amide bonds. The summed E-state index contributed by atoms with van der Waals surface area (Å²) < 4.78 is 1.79. The zero-order chi connectivity index (χ0) is 13.4. The first-order valence-corrected chi connectivity index (χ1v) is 7.18. The summed E-state index contributed by atoms with van der Waals surface area (Å²) in [4.78, 5) is 11.6. The molecular formula is C15H26N2O. The molecule has 0 unspecified atom stereocenters. The van der Waals surface area contributed by atoms with Crippen molar-refractivity contribution < 1.29 is 0 Å². The number of aromatic nitrogens is 1. The van der Waals surface area contributed by atoms with Gasteiger partial charge in [-0.05, 0) is 25.3 Å². The third-order valence-electron chi connectivity index (χ3n) is 3.09. The molecule has 0 atom stereocenters. The minimum atomic E-state index is 0.0879. The summed E-state index contributed by atoms with van der Waals surface area (Å²) in [5.74, 6) is 0. The van der Waals surface area contributed by atoms with Gasteiger partial charge in [-0.3, -0.25) is 4.79 Å². The van der Waals surface area contributed by atoms with Crippen LogP contribution in [-0.4, -0.2) is 10.6 Å². The zero-order valence-electron chi connectivity index (χ0n) is 11.9. The van der Waals surface area contributed by atoms with Gasteiger partial charge in [0.25, 0.3) is 5.56 Å². The quantitative estimate of drug-likeness (QED) is 0.764. The molecule has 1 aromatic heterocycles. The number of nitrogens with one attached hydrogen (secondary N) is 1. The average molecular weight is 250 g/mol. The van der Waals surface area contributed by atoms with Crippen molar-refractivity contribution in [3.05, 3.63) is 28.7 Å². The van der Waals surface area contributed by atoms with Crippen molar-refractivity contribution in [2.24, 2.45) is 0 Å². The average Bonchev–Trinajstić information content (AvgIpc) is 2.34.